The lowest BCUT2D eigenvalue weighted by molar-refractivity contribution is 0.320. The number of methoxy groups -OCH3 is 6. The van der Waals surface area contributed by atoms with Gasteiger partial charge >= 0.3 is 0 Å². The van der Waals surface area contributed by atoms with Gasteiger partial charge in [-0.3, -0.25) is 0 Å². The third-order valence-electron chi connectivity index (χ3n) is 3.95. The molecule has 2 aromatic carbocycles. The highest BCUT2D eigenvalue weighted by Crippen LogP contribution is 2.44. The van der Waals surface area contributed by atoms with E-state index >= 15 is 0 Å². The molecule has 0 unspecified atom stereocenters. The first-order valence-electron chi connectivity index (χ1n) is 7.70. The molecular formula is C19H24O6. The fourth-order valence-electron chi connectivity index (χ4n) is 2.81. The molecule has 136 valence electrons. The monoisotopic (exact) mass is 348 g/mol. The maximum Gasteiger partial charge on any atom is 0.203 e. The molecule has 0 fully saturated rings. The summed E-state index contributed by atoms with van der Waals surface area (Å²) < 4.78 is 32.7. The Bertz CT molecular complexity index is 665. The Balaban J connectivity index is 2.53. The van der Waals surface area contributed by atoms with E-state index in [9.17, 15) is 0 Å². The van der Waals surface area contributed by atoms with Crippen molar-refractivity contribution in [1.29, 1.82) is 0 Å². The Hall–Kier alpha value is -2.76. The van der Waals surface area contributed by atoms with Crippen molar-refractivity contribution >= 4 is 0 Å². The molecule has 0 aliphatic carbocycles. The average molecular weight is 348 g/mol. The second-order valence-electron chi connectivity index (χ2n) is 5.16. The molecular weight excluding hydrogens is 324 g/mol. The van der Waals surface area contributed by atoms with Gasteiger partial charge in [0.2, 0.25) is 11.5 Å². The van der Waals surface area contributed by atoms with E-state index in [2.05, 4.69) is 0 Å². The Morgan fingerprint density at radius 3 is 1.12 bits per heavy atom. The minimum atomic E-state index is 0.557. The zero-order valence-corrected chi connectivity index (χ0v) is 15.5. The van der Waals surface area contributed by atoms with Crippen LogP contribution in [0.4, 0.5) is 0 Å². The van der Waals surface area contributed by atoms with Crippen molar-refractivity contribution in [3.63, 3.8) is 0 Å². The predicted molar refractivity (Wildman–Crippen MR) is 95.0 cm³/mol. The molecule has 0 atom stereocenters. The fourth-order valence-corrected chi connectivity index (χ4v) is 2.81. The van der Waals surface area contributed by atoms with E-state index < -0.39 is 0 Å². The summed E-state index contributed by atoms with van der Waals surface area (Å²) in [5, 5.41) is 0. The molecule has 6 nitrogen and oxygen atoms in total. The number of rotatable bonds is 8. The van der Waals surface area contributed by atoms with E-state index in [0.717, 1.165) is 11.1 Å². The van der Waals surface area contributed by atoms with Crippen molar-refractivity contribution in [2.45, 2.75) is 6.42 Å². The molecule has 0 amide bonds. The third kappa shape index (κ3) is 3.52. The van der Waals surface area contributed by atoms with Gasteiger partial charge in [-0.2, -0.15) is 0 Å². The summed E-state index contributed by atoms with van der Waals surface area (Å²) in [5.41, 5.74) is 1.87. The van der Waals surface area contributed by atoms with Gasteiger partial charge < -0.3 is 28.4 Å². The summed E-state index contributed by atoms with van der Waals surface area (Å²) in [5.74, 6) is 3.59. The van der Waals surface area contributed by atoms with E-state index in [4.69, 9.17) is 28.4 Å². The van der Waals surface area contributed by atoms with Gasteiger partial charge in [-0.25, -0.2) is 0 Å². The molecule has 0 saturated heterocycles. The largest absolute Gasteiger partial charge is 0.493 e. The van der Waals surface area contributed by atoms with Gasteiger partial charge in [0.1, 0.15) is 0 Å². The molecule has 2 aromatic rings. The third-order valence-corrected chi connectivity index (χ3v) is 3.95. The first-order valence-corrected chi connectivity index (χ1v) is 7.70. The van der Waals surface area contributed by atoms with Crippen molar-refractivity contribution < 1.29 is 28.4 Å². The number of hydrogen-bond donors (Lipinski definition) is 0. The van der Waals surface area contributed by atoms with Crippen LogP contribution in [0.1, 0.15) is 11.1 Å². The number of hydrogen-bond acceptors (Lipinski definition) is 6. The highest BCUT2D eigenvalue weighted by molar-refractivity contribution is 5.60. The summed E-state index contributed by atoms with van der Waals surface area (Å²) in [6.07, 6.45) is 0.563. The highest BCUT2D eigenvalue weighted by atomic mass is 16.5. The van der Waals surface area contributed by atoms with E-state index in [1.54, 1.807) is 42.7 Å². The second kappa shape index (κ2) is 8.37. The lowest BCUT2D eigenvalue weighted by atomic mass is 10.0. The summed E-state index contributed by atoms with van der Waals surface area (Å²) >= 11 is 0. The molecule has 0 aromatic heterocycles. The molecule has 0 N–H and O–H groups in total. The Kier molecular flexibility index (Phi) is 6.22. The van der Waals surface area contributed by atoms with Gasteiger partial charge in [-0.15, -0.1) is 0 Å². The Morgan fingerprint density at radius 1 is 0.480 bits per heavy atom. The van der Waals surface area contributed by atoms with Gasteiger partial charge in [0.05, 0.1) is 42.7 Å². The van der Waals surface area contributed by atoms with Gasteiger partial charge in [0, 0.05) is 17.5 Å². The van der Waals surface area contributed by atoms with Crippen LogP contribution in [0.3, 0.4) is 0 Å². The van der Waals surface area contributed by atoms with Crippen LogP contribution in [0, 0.1) is 0 Å². The zero-order valence-electron chi connectivity index (χ0n) is 15.5. The maximum atomic E-state index is 5.56. The smallest absolute Gasteiger partial charge is 0.203 e. The molecule has 2 rings (SSSR count). The normalized spacial score (nSPS) is 10.2. The first-order chi connectivity index (χ1) is 12.1. The van der Waals surface area contributed by atoms with E-state index in [-0.39, 0.29) is 0 Å². The predicted octanol–water partition coefficient (Wildman–Crippen LogP) is 3.33. The van der Waals surface area contributed by atoms with E-state index in [0.29, 0.717) is 40.9 Å². The summed E-state index contributed by atoms with van der Waals surface area (Å²) in [6, 6.07) is 7.58. The van der Waals surface area contributed by atoms with Gasteiger partial charge in [-0.1, -0.05) is 12.1 Å². The Labute approximate surface area is 148 Å². The summed E-state index contributed by atoms with van der Waals surface area (Å²) in [4.78, 5) is 0. The van der Waals surface area contributed by atoms with Crippen molar-refractivity contribution in [3.05, 3.63) is 35.4 Å². The second-order valence-corrected chi connectivity index (χ2v) is 5.16. The molecule has 0 aliphatic heterocycles. The molecule has 0 aliphatic rings. The van der Waals surface area contributed by atoms with Gasteiger partial charge in [-0.05, 0) is 12.1 Å². The van der Waals surface area contributed by atoms with Crippen molar-refractivity contribution in [3.8, 4) is 34.5 Å². The lowest BCUT2D eigenvalue weighted by Gasteiger charge is -2.18. The first kappa shape index (κ1) is 18.6. The molecule has 25 heavy (non-hydrogen) atoms. The molecule has 0 spiro atoms. The van der Waals surface area contributed by atoms with Gasteiger partial charge in [0.25, 0.3) is 0 Å². The van der Waals surface area contributed by atoms with Crippen LogP contribution in [0.5, 0.6) is 34.5 Å². The van der Waals surface area contributed by atoms with Crippen LogP contribution < -0.4 is 28.4 Å². The zero-order chi connectivity index (χ0) is 18.4. The van der Waals surface area contributed by atoms with Crippen LogP contribution in [-0.2, 0) is 6.42 Å². The fraction of sp³-hybridized carbons (Fsp3) is 0.368. The number of ether oxygens (including phenoxy) is 6. The SMILES string of the molecule is COc1ccc(Cc2ccc(OC)c(OC)c2OC)c(OC)c1OC. The standard InChI is InChI=1S/C19H24O6/c1-20-14-9-7-12(16(22-3)18(14)24-5)11-13-8-10-15(21-2)19(25-6)17(13)23-4/h7-10H,11H2,1-6H3. The van der Waals surface area contributed by atoms with Gasteiger partial charge in [0.15, 0.2) is 23.0 Å². The van der Waals surface area contributed by atoms with Crippen molar-refractivity contribution in [2.24, 2.45) is 0 Å². The maximum absolute atomic E-state index is 5.56. The van der Waals surface area contributed by atoms with Crippen LogP contribution in [0.15, 0.2) is 24.3 Å². The quantitative estimate of drug-likeness (QED) is 0.729. The van der Waals surface area contributed by atoms with Crippen molar-refractivity contribution in [1.82, 2.24) is 0 Å². The summed E-state index contributed by atoms with van der Waals surface area (Å²) in [7, 11) is 9.56. The molecule has 6 heteroatoms. The molecule has 0 heterocycles. The highest BCUT2D eigenvalue weighted by Gasteiger charge is 2.20. The summed E-state index contributed by atoms with van der Waals surface area (Å²) in [6.45, 7) is 0. The minimum Gasteiger partial charge on any atom is -0.493 e. The minimum absolute atomic E-state index is 0.557. The van der Waals surface area contributed by atoms with Crippen LogP contribution >= 0.6 is 0 Å². The number of benzene rings is 2. The van der Waals surface area contributed by atoms with Crippen LogP contribution in [0.2, 0.25) is 0 Å². The topological polar surface area (TPSA) is 55.4 Å². The molecule has 0 bridgehead atoms. The van der Waals surface area contributed by atoms with Crippen LogP contribution in [0.25, 0.3) is 0 Å². The molecule has 0 radical (unpaired) electrons. The lowest BCUT2D eigenvalue weighted by Crippen LogP contribution is -2.02. The van der Waals surface area contributed by atoms with Crippen LogP contribution in [-0.4, -0.2) is 42.7 Å². The average Bonchev–Trinajstić information content (AvgIpc) is 2.66. The van der Waals surface area contributed by atoms with Crippen molar-refractivity contribution in [2.75, 3.05) is 42.7 Å². The van der Waals surface area contributed by atoms with E-state index in [1.807, 2.05) is 24.3 Å². The Morgan fingerprint density at radius 2 is 0.840 bits per heavy atom. The van der Waals surface area contributed by atoms with E-state index in [1.165, 1.54) is 0 Å². The molecule has 0 saturated carbocycles.